The number of carbonyl (C=O) groups is 1. The molecule has 0 aromatic heterocycles. The SMILES string of the molecule is Cl.O=C(Nc1cccc(Cc2ccccc2)c1)C1CNCC1c1ccccc1. The van der Waals surface area contributed by atoms with Gasteiger partial charge in [-0.25, -0.2) is 0 Å². The van der Waals surface area contributed by atoms with Gasteiger partial charge in [-0.05, 0) is 35.2 Å². The largest absolute Gasteiger partial charge is 0.326 e. The average Bonchev–Trinajstić information content (AvgIpc) is 3.20. The van der Waals surface area contributed by atoms with Gasteiger partial charge in [0, 0.05) is 24.7 Å². The number of anilines is 1. The number of halogens is 1. The van der Waals surface area contributed by atoms with E-state index in [-0.39, 0.29) is 30.2 Å². The number of carbonyl (C=O) groups excluding carboxylic acids is 1. The molecule has 0 aliphatic carbocycles. The van der Waals surface area contributed by atoms with E-state index in [1.807, 2.05) is 36.4 Å². The molecule has 3 aromatic rings. The van der Waals surface area contributed by atoms with Crippen molar-refractivity contribution in [2.24, 2.45) is 5.92 Å². The van der Waals surface area contributed by atoms with Crippen LogP contribution in [-0.2, 0) is 11.2 Å². The van der Waals surface area contributed by atoms with Gasteiger partial charge >= 0.3 is 0 Å². The molecule has 1 heterocycles. The van der Waals surface area contributed by atoms with E-state index < -0.39 is 0 Å². The van der Waals surface area contributed by atoms with Gasteiger partial charge in [-0.3, -0.25) is 4.79 Å². The van der Waals surface area contributed by atoms with Crippen molar-refractivity contribution < 1.29 is 4.79 Å². The van der Waals surface area contributed by atoms with Crippen molar-refractivity contribution in [2.45, 2.75) is 12.3 Å². The first kappa shape index (κ1) is 20.1. The summed E-state index contributed by atoms with van der Waals surface area (Å²) in [6, 6.07) is 28.8. The Kier molecular flexibility index (Phi) is 6.85. The van der Waals surface area contributed by atoms with Gasteiger partial charge in [0.05, 0.1) is 5.92 Å². The Hall–Kier alpha value is -2.62. The van der Waals surface area contributed by atoms with Crippen LogP contribution in [-0.4, -0.2) is 19.0 Å². The molecule has 1 saturated heterocycles. The second kappa shape index (κ2) is 9.54. The molecule has 1 fully saturated rings. The lowest BCUT2D eigenvalue weighted by atomic mass is 9.88. The van der Waals surface area contributed by atoms with Crippen molar-refractivity contribution in [1.82, 2.24) is 5.32 Å². The van der Waals surface area contributed by atoms with Crippen molar-refractivity contribution in [3.05, 3.63) is 102 Å². The normalized spacial score (nSPS) is 18.3. The molecule has 3 nitrogen and oxygen atoms in total. The van der Waals surface area contributed by atoms with Gasteiger partial charge < -0.3 is 10.6 Å². The third-order valence-electron chi connectivity index (χ3n) is 5.22. The van der Waals surface area contributed by atoms with E-state index in [1.165, 1.54) is 16.7 Å². The summed E-state index contributed by atoms with van der Waals surface area (Å²) in [5.74, 6) is 0.259. The van der Waals surface area contributed by atoms with Crippen LogP contribution in [0.4, 0.5) is 5.69 Å². The molecule has 28 heavy (non-hydrogen) atoms. The van der Waals surface area contributed by atoms with Crippen molar-refractivity contribution >= 4 is 24.0 Å². The quantitative estimate of drug-likeness (QED) is 0.664. The topological polar surface area (TPSA) is 41.1 Å². The van der Waals surface area contributed by atoms with Gasteiger partial charge in [0.15, 0.2) is 0 Å². The zero-order chi connectivity index (χ0) is 18.5. The fraction of sp³-hybridized carbons (Fsp3) is 0.208. The van der Waals surface area contributed by atoms with E-state index in [9.17, 15) is 4.79 Å². The van der Waals surface area contributed by atoms with Crippen LogP contribution in [0.5, 0.6) is 0 Å². The fourth-order valence-electron chi connectivity index (χ4n) is 3.83. The predicted octanol–water partition coefficient (Wildman–Crippen LogP) is 4.64. The molecule has 0 bridgehead atoms. The molecule has 2 N–H and O–H groups in total. The van der Waals surface area contributed by atoms with Crippen LogP contribution in [0.1, 0.15) is 22.6 Å². The minimum absolute atomic E-state index is 0. The highest BCUT2D eigenvalue weighted by Crippen LogP contribution is 2.29. The van der Waals surface area contributed by atoms with E-state index in [2.05, 4.69) is 59.2 Å². The van der Waals surface area contributed by atoms with Crippen LogP contribution >= 0.6 is 12.4 Å². The monoisotopic (exact) mass is 392 g/mol. The summed E-state index contributed by atoms with van der Waals surface area (Å²) >= 11 is 0. The Balaban J connectivity index is 0.00000225. The molecule has 3 aromatic carbocycles. The number of benzene rings is 3. The van der Waals surface area contributed by atoms with Crippen molar-refractivity contribution in [1.29, 1.82) is 0 Å². The first-order valence-corrected chi connectivity index (χ1v) is 9.49. The van der Waals surface area contributed by atoms with Crippen LogP contribution in [0.3, 0.4) is 0 Å². The lowest BCUT2D eigenvalue weighted by molar-refractivity contribution is -0.119. The van der Waals surface area contributed by atoms with E-state index in [0.29, 0.717) is 0 Å². The van der Waals surface area contributed by atoms with Crippen molar-refractivity contribution in [3.8, 4) is 0 Å². The summed E-state index contributed by atoms with van der Waals surface area (Å²) in [5, 5.41) is 6.50. The molecule has 2 atom stereocenters. The number of nitrogens with one attached hydrogen (secondary N) is 2. The maximum absolute atomic E-state index is 12.9. The number of rotatable bonds is 5. The summed E-state index contributed by atoms with van der Waals surface area (Å²) in [4.78, 5) is 12.9. The van der Waals surface area contributed by atoms with Crippen molar-refractivity contribution in [3.63, 3.8) is 0 Å². The molecule has 0 spiro atoms. The number of hydrogen-bond donors (Lipinski definition) is 2. The molecule has 1 amide bonds. The Morgan fingerprint density at radius 1 is 0.857 bits per heavy atom. The summed E-state index contributed by atoms with van der Waals surface area (Å²) < 4.78 is 0. The van der Waals surface area contributed by atoms with E-state index in [0.717, 1.165) is 25.2 Å². The highest BCUT2D eigenvalue weighted by Gasteiger charge is 2.33. The highest BCUT2D eigenvalue weighted by molar-refractivity contribution is 5.93. The molecule has 4 heteroatoms. The van der Waals surface area contributed by atoms with Crippen molar-refractivity contribution in [2.75, 3.05) is 18.4 Å². The second-order valence-electron chi connectivity index (χ2n) is 7.13. The van der Waals surface area contributed by atoms with Gasteiger partial charge in [-0.15, -0.1) is 12.4 Å². The molecule has 0 radical (unpaired) electrons. The van der Waals surface area contributed by atoms with Gasteiger partial charge in [-0.1, -0.05) is 72.8 Å². The van der Waals surface area contributed by atoms with E-state index in [4.69, 9.17) is 0 Å². The minimum Gasteiger partial charge on any atom is -0.326 e. The predicted molar refractivity (Wildman–Crippen MR) is 117 cm³/mol. The van der Waals surface area contributed by atoms with Gasteiger partial charge in [0.2, 0.25) is 5.91 Å². The summed E-state index contributed by atoms with van der Waals surface area (Å²) in [5.41, 5.74) is 4.56. The molecular formula is C24H25ClN2O. The Morgan fingerprint density at radius 2 is 1.54 bits per heavy atom. The zero-order valence-corrected chi connectivity index (χ0v) is 16.5. The first-order chi connectivity index (χ1) is 13.3. The lowest BCUT2D eigenvalue weighted by Gasteiger charge is -2.19. The number of hydrogen-bond acceptors (Lipinski definition) is 2. The molecule has 1 aliphatic heterocycles. The average molecular weight is 393 g/mol. The van der Waals surface area contributed by atoms with Crippen LogP contribution in [0.2, 0.25) is 0 Å². The van der Waals surface area contributed by atoms with Gasteiger partial charge in [-0.2, -0.15) is 0 Å². The summed E-state index contributed by atoms with van der Waals surface area (Å²) in [7, 11) is 0. The van der Waals surface area contributed by atoms with Crippen LogP contribution in [0.25, 0.3) is 0 Å². The van der Waals surface area contributed by atoms with Gasteiger partial charge in [0.25, 0.3) is 0 Å². The standard InChI is InChI=1S/C24H24N2O.ClH/c27-24(23-17-25-16-22(23)20-11-5-2-6-12-20)26-21-13-7-10-19(15-21)14-18-8-3-1-4-9-18;/h1-13,15,22-23,25H,14,16-17H2,(H,26,27);1H. The van der Waals surface area contributed by atoms with Crippen LogP contribution in [0, 0.1) is 5.92 Å². The minimum atomic E-state index is -0.0508. The number of amides is 1. The molecule has 144 valence electrons. The third kappa shape index (κ3) is 4.80. The first-order valence-electron chi connectivity index (χ1n) is 9.49. The van der Waals surface area contributed by atoms with Gasteiger partial charge in [0.1, 0.15) is 0 Å². The molecule has 0 saturated carbocycles. The maximum Gasteiger partial charge on any atom is 0.229 e. The lowest BCUT2D eigenvalue weighted by Crippen LogP contribution is -2.28. The van der Waals surface area contributed by atoms with Crippen LogP contribution in [0.15, 0.2) is 84.9 Å². The second-order valence-corrected chi connectivity index (χ2v) is 7.13. The molecular weight excluding hydrogens is 368 g/mol. The molecule has 1 aliphatic rings. The molecule has 4 rings (SSSR count). The Labute approximate surface area is 172 Å². The zero-order valence-electron chi connectivity index (χ0n) is 15.7. The van der Waals surface area contributed by atoms with E-state index in [1.54, 1.807) is 0 Å². The summed E-state index contributed by atoms with van der Waals surface area (Å²) in [6.45, 7) is 1.56. The van der Waals surface area contributed by atoms with Crippen LogP contribution < -0.4 is 10.6 Å². The Bertz CT molecular complexity index is 899. The van der Waals surface area contributed by atoms with E-state index >= 15 is 0 Å². The summed E-state index contributed by atoms with van der Waals surface area (Å²) in [6.07, 6.45) is 0.863. The third-order valence-corrected chi connectivity index (χ3v) is 5.22. The highest BCUT2D eigenvalue weighted by atomic mass is 35.5. The smallest absolute Gasteiger partial charge is 0.229 e. The Morgan fingerprint density at radius 3 is 2.29 bits per heavy atom. The maximum atomic E-state index is 12.9. The molecule has 2 unspecified atom stereocenters. The fourth-order valence-corrected chi connectivity index (χ4v) is 3.83.